The van der Waals surface area contributed by atoms with Gasteiger partial charge in [-0.3, -0.25) is 20.2 Å². The van der Waals surface area contributed by atoms with Crippen molar-refractivity contribution in [3.63, 3.8) is 0 Å². The molecule has 0 spiro atoms. The number of amides is 1. The molecule has 4 aromatic rings. The summed E-state index contributed by atoms with van der Waals surface area (Å²) < 4.78 is 18.9. The van der Waals surface area contributed by atoms with Crippen LogP contribution in [0.5, 0.6) is 0 Å². The zero-order valence-electron chi connectivity index (χ0n) is 19.6. The summed E-state index contributed by atoms with van der Waals surface area (Å²) in [6.45, 7) is 1.50. The number of carbonyl (C=O) groups is 1. The number of carbonyl (C=O) groups excluding carboxylic acids is 1. The zero-order valence-corrected chi connectivity index (χ0v) is 20.4. The average Bonchev–Trinajstić information content (AvgIpc) is 3.32. The fraction of sp³-hybridized carbons (Fsp3) is 0.192. The lowest BCUT2D eigenvalue weighted by molar-refractivity contribution is -0.384. The number of nitro benzene ring substituents is 1. The summed E-state index contributed by atoms with van der Waals surface area (Å²) >= 11 is 5.28. The minimum atomic E-state index is -0.563. The van der Waals surface area contributed by atoms with E-state index in [1.54, 1.807) is 42.5 Å². The largest absolute Gasteiger partial charge is 0.436 e. The van der Waals surface area contributed by atoms with Crippen molar-refractivity contribution < 1.29 is 18.5 Å². The first-order valence-corrected chi connectivity index (χ1v) is 12.1. The molecule has 1 amide bonds. The van der Waals surface area contributed by atoms with Gasteiger partial charge in [-0.2, -0.15) is 0 Å². The Balaban J connectivity index is 1.28. The van der Waals surface area contributed by atoms with E-state index in [2.05, 4.69) is 15.6 Å². The minimum absolute atomic E-state index is 0.0226. The van der Waals surface area contributed by atoms with E-state index >= 15 is 0 Å². The van der Waals surface area contributed by atoms with Crippen LogP contribution in [0, 0.1) is 15.9 Å². The van der Waals surface area contributed by atoms with E-state index in [4.69, 9.17) is 16.6 Å². The number of nitro groups is 1. The number of nitrogens with zero attached hydrogens (tertiary/aromatic N) is 3. The molecule has 1 fully saturated rings. The van der Waals surface area contributed by atoms with Crippen molar-refractivity contribution in [1.29, 1.82) is 0 Å². The smallest absolute Gasteiger partial charge is 0.293 e. The lowest BCUT2D eigenvalue weighted by atomic mass is 10.1. The van der Waals surface area contributed by atoms with Crippen molar-refractivity contribution in [1.82, 2.24) is 10.3 Å². The van der Waals surface area contributed by atoms with Gasteiger partial charge in [-0.15, -0.1) is 0 Å². The molecule has 0 aliphatic carbocycles. The maximum absolute atomic E-state index is 13.2. The molecule has 0 unspecified atom stereocenters. The van der Waals surface area contributed by atoms with Crippen LogP contribution in [0.15, 0.2) is 65.1 Å². The third-order valence-electron chi connectivity index (χ3n) is 6.09. The molecule has 9 nitrogen and oxygen atoms in total. The lowest BCUT2D eigenvalue weighted by Crippen LogP contribution is -2.34. The van der Waals surface area contributed by atoms with Gasteiger partial charge in [-0.1, -0.05) is 0 Å². The Kier molecular flexibility index (Phi) is 6.78. The van der Waals surface area contributed by atoms with Crippen LogP contribution in [-0.2, 0) is 0 Å². The van der Waals surface area contributed by atoms with Crippen molar-refractivity contribution in [3.05, 3.63) is 82.2 Å². The molecule has 0 radical (unpaired) electrons. The van der Waals surface area contributed by atoms with Gasteiger partial charge >= 0.3 is 0 Å². The summed E-state index contributed by atoms with van der Waals surface area (Å²) in [4.78, 5) is 30.4. The summed E-state index contributed by atoms with van der Waals surface area (Å²) in [7, 11) is 0. The number of nitrogens with one attached hydrogen (secondary N) is 2. The summed E-state index contributed by atoms with van der Waals surface area (Å²) in [6.07, 6.45) is 3.06. The van der Waals surface area contributed by atoms with E-state index in [-0.39, 0.29) is 22.2 Å². The van der Waals surface area contributed by atoms with Gasteiger partial charge in [0.15, 0.2) is 10.7 Å². The number of anilines is 2. The molecule has 37 heavy (non-hydrogen) atoms. The van der Waals surface area contributed by atoms with Crippen LogP contribution in [-0.4, -0.2) is 34.0 Å². The zero-order chi connectivity index (χ0) is 25.9. The van der Waals surface area contributed by atoms with Crippen molar-refractivity contribution in [2.75, 3.05) is 23.3 Å². The molecular formula is C26H22FN5O4S. The molecule has 1 aliphatic rings. The minimum Gasteiger partial charge on any atom is -0.436 e. The molecule has 3 aromatic carbocycles. The van der Waals surface area contributed by atoms with Gasteiger partial charge in [0.1, 0.15) is 17.0 Å². The van der Waals surface area contributed by atoms with Crippen LogP contribution in [0.1, 0.15) is 29.6 Å². The van der Waals surface area contributed by atoms with Crippen molar-refractivity contribution in [2.24, 2.45) is 0 Å². The average molecular weight is 520 g/mol. The van der Waals surface area contributed by atoms with Crippen LogP contribution in [0.25, 0.3) is 22.6 Å². The van der Waals surface area contributed by atoms with Gasteiger partial charge in [0.05, 0.1) is 4.92 Å². The SMILES string of the molecule is O=C(NC(=S)Nc1ccc2oc(-c3ccc(F)cc3)nc2c1)c1ccc(N2CCCCC2)c([N+](=O)[O-])c1. The van der Waals surface area contributed by atoms with Gasteiger partial charge in [0, 0.05) is 36.0 Å². The number of benzene rings is 3. The quantitative estimate of drug-likeness (QED) is 0.197. The topological polar surface area (TPSA) is 114 Å². The predicted octanol–water partition coefficient (Wildman–Crippen LogP) is 5.66. The molecule has 0 saturated carbocycles. The second kappa shape index (κ2) is 10.3. The first-order valence-electron chi connectivity index (χ1n) is 11.7. The fourth-order valence-electron chi connectivity index (χ4n) is 4.27. The van der Waals surface area contributed by atoms with E-state index in [9.17, 15) is 19.3 Å². The van der Waals surface area contributed by atoms with Crippen LogP contribution in [0.2, 0.25) is 0 Å². The molecule has 2 N–H and O–H groups in total. The molecule has 1 aliphatic heterocycles. The number of hydrogen-bond donors (Lipinski definition) is 2. The number of halogens is 1. The maximum Gasteiger partial charge on any atom is 0.293 e. The van der Waals surface area contributed by atoms with Crippen LogP contribution in [0.3, 0.4) is 0 Å². The third kappa shape index (κ3) is 5.41. The standard InChI is InChI=1S/C26H22FN5O4S/c27-18-7-4-16(5-8-18)25-29-20-15-19(9-11-23(20)36-25)28-26(37)30-24(33)17-6-10-21(22(14-17)32(34)35)31-12-2-1-3-13-31/h4-11,14-15H,1-3,12-13H2,(H2,28,30,33,37). The Bertz CT molecular complexity index is 1500. The Morgan fingerprint density at radius 2 is 1.81 bits per heavy atom. The van der Waals surface area contributed by atoms with Crippen molar-refractivity contribution in [3.8, 4) is 11.5 Å². The molecule has 1 aromatic heterocycles. The highest BCUT2D eigenvalue weighted by Gasteiger charge is 2.23. The number of fused-ring (bicyclic) bond motifs is 1. The molecule has 2 heterocycles. The van der Waals surface area contributed by atoms with E-state index in [0.717, 1.165) is 32.4 Å². The lowest BCUT2D eigenvalue weighted by Gasteiger charge is -2.28. The van der Waals surface area contributed by atoms with Crippen molar-refractivity contribution in [2.45, 2.75) is 19.3 Å². The van der Waals surface area contributed by atoms with Gasteiger partial charge in [-0.25, -0.2) is 9.37 Å². The highest BCUT2D eigenvalue weighted by Crippen LogP contribution is 2.31. The van der Waals surface area contributed by atoms with E-state index in [0.29, 0.717) is 33.9 Å². The monoisotopic (exact) mass is 519 g/mol. The molecule has 0 bridgehead atoms. The van der Waals surface area contributed by atoms with E-state index in [1.165, 1.54) is 18.2 Å². The molecule has 188 valence electrons. The summed E-state index contributed by atoms with van der Waals surface area (Å²) in [6, 6.07) is 15.4. The Morgan fingerprint density at radius 1 is 1.05 bits per heavy atom. The molecule has 11 heteroatoms. The van der Waals surface area contributed by atoms with E-state index < -0.39 is 10.8 Å². The summed E-state index contributed by atoms with van der Waals surface area (Å²) in [5, 5.41) is 17.2. The maximum atomic E-state index is 13.2. The van der Waals surface area contributed by atoms with Crippen LogP contribution in [0.4, 0.5) is 21.5 Å². The number of rotatable bonds is 5. The number of thiocarbonyl (C=S) groups is 1. The fourth-order valence-corrected chi connectivity index (χ4v) is 4.48. The number of piperidine rings is 1. The normalized spacial score (nSPS) is 13.4. The first kappa shape index (κ1) is 24.3. The molecular weight excluding hydrogens is 497 g/mol. The Hall–Kier alpha value is -4.38. The van der Waals surface area contributed by atoms with Gasteiger partial charge in [0.2, 0.25) is 5.89 Å². The molecule has 0 atom stereocenters. The molecule has 5 rings (SSSR count). The number of hydrogen-bond acceptors (Lipinski definition) is 7. The van der Waals surface area contributed by atoms with Crippen molar-refractivity contribution >= 4 is 51.4 Å². The van der Waals surface area contributed by atoms with Crippen LogP contribution >= 0.6 is 12.2 Å². The summed E-state index contributed by atoms with van der Waals surface area (Å²) in [5.41, 5.74) is 2.80. The van der Waals surface area contributed by atoms with Gasteiger partial charge in [-0.05, 0) is 86.1 Å². The second-order valence-electron chi connectivity index (χ2n) is 8.62. The predicted molar refractivity (Wildman–Crippen MR) is 142 cm³/mol. The van der Waals surface area contributed by atoms with Gasteiger partial charge in [0.25, 0.3) is 11.6 Å². The second-order valence-corrected chi connectivity index (χ2v) is 9.03. The molecule has 1 saturated heterocycles. The Morgan fingerprint density at radius 3 is 2.54 bits per heavy atom. The first-order chi connectivity index (χ1) is 17.9. The summed E-state index contributed by atoms with van der Waals surface area (Å²) in [5.74, 6) is -0.570. The Labute approximate surface area is 216 Å². The highest BCUT2D eigenvalue weighted by molar-refractivity contribution is 7.80. The number of oxazole rings is 1. The highest BCUT2D eigenvalue weighted by atomic mass is 32.1. The number of aromatic nitrogens is 1. The van der Waals surface area contributed by atoms with Gasteiger partial charge < -0.3 is 14.6 Å². The van der Waals surface area contributed by atoms with E-state index in [1.807, 2.05) is 4.90 Å². The third-order valence-corrected chi connectivity index (χ3v) is 6.30. The van der Waals surface area contributed by atoms with Crippen LogP contribution < -0.4 is 15.5 Å².